The van der Waals surface area contributed by atoms with Crippen LogP contribution in [0.2, 0.25) is 0 Å². The third-order valence-electron chi connectivity index (χ3n) is 9.75. The Labute approximate surface area is 294 Å². The first kappa shape index (κ1) is 37.8. The van der Waals surface area contributed by atoms with Crippen LogP contribution in [0.1, 0.15) is 85.0 Å². The Morgan fingerprint density at radius 2 is 0.938 bits per heavy atom. The highest BCUT2D eigenvalue weighted by Crippen LogP contribution is 2.66. The van der Waals surface area contributed by atoms with Crippen LogP contribution in [0.3, 0.4) is 0 Å². The molecule has 0 radical (unpaired) electrons. The highest BCUT2D eigenvalue weighted by molar-refractivity contribution is 7.69. The fourth-order valence-corrected chi connectivity index (χ4v) is 13.4. The van der Waals surface area contributed by atoms with Crippen molar-refractivity contribution in [3.8, 4) is 33.8 Å². The zero-order valence-electron chi connectivity index (χ0n) is 31.8. The van der Waals surface area contributed by atoms with Gasteiger partial charge in [0.2, 0.25) is 0 Å². The number of hydrogen-bond acceptors (Lipinski definition) is 3. The van der Waals surface area contributed by atoms with Gasteiger partial charge >= 0.3 is 0 Å². The van der Waals surface area contributed by atoms with Crippen LogP contribution in [0, 0.1) is 55.4 Å². The summed E-state index contributed by atoms with van der Waals surface area (Å²) < 4.78 is 11.4. The van der Waals surface area contributed by atoms with E-state index in [0.29, 0.717) is 18.6 Å². The summed E-state index contributed by atoms with van der Waals surface area (Å²) in [6.07, 6.45) is 1.29. The monoisotopic (exact) mass is 682 g/mol. The van der Waals surface area contributed by atoms with Gasteiger partial charge in [0, 0.05) is 23.5 Å². The number of hydrogen-bond donors (Lipinski definition) is 0. The molecule has 5 rings (SSSR count). The van der Waals surface area contributed by atoms with Gasteiger partial charge in [-0.2, -0.15) is 0 Å². The smallest absolute Gasteiger partial charge is 0.134 e. The molecule has 0 aliphatic carbocycles. The van der Waals surface area contributed by atoms with Gasteiger partial charge in [0.05, 0.1) is 14.2 Å². The predicted octanol–water partition coefficient (Wildman–Crippen LogP) is 10.7. The number of methoxy groups -OCH3 is 2. The molecule has 0 N–H and O–H groups in total. The van der Waals surface area contributed by atoms with E-state index in [-0.39, 0.29) is 10.3 Å². The summed E-state index contributed by atoms with van der Waals surface area (Å²) in [5, 5.41) is 2.32. The standard InChI is InChI=1S/C26H35O2P.C17H21OP/c1-16-12-18(3)22(19(4)13-16)23-17(2)10-11-21(28-9)24(23)29-25(5,6)14-20(27)15-26(29,7)8;1-10-8-12(3)15(13(4)9-10)16-11(2)6-7-14(18-5)17(16)19/h10-13H,14-15H2,1-9H3;6-9H,19H2,1-5H3. The van der Waals surface area contributed by atoms with Crippen LogP contribution < -0.4 is 20.1 Å². The normalized spacial score (nSPS) is 15.5. The first-order chi connectivity index (χ1) is 22.3. The Balaban J connectivity index is 0.000000237. The summed E-state index contributed by atoms with van der Waals surface area (Å²) in [7, 11) is 5.68. The molecule has 256 valence electrons. The quantitative estimate of drug-likeness (QED) is 0.197. The van der Waals surface area contributed by atoms with E-state index in [9.17, 15) is 4.79 Å². The van der Waals surface area contributed by atoms with E-state index in [1.54, 1.807) is 14.2 Å². The van der Waals surface area contributed by atoms with Crippen molar-refractivity contribution in [1.29, 1.82) is 0 Å². The number of carbonyl (C=O) groups is 1. The molecule has 0 bridgehead atoms. The fraction of sp³-hybridized carbons (Fsp3) is 0.419. The summed E-state index contributed by atoms with van der Waals surface area (Å²) in [6.45, 7) is 26.6. The molecule has 0 spiro atoms. The van der Waals surface area contributed by atoms with Crippen LogP contribution in [0.4, 0.5) is 0 Å². The Bertz CT molecular complexity index is 1800. The van der Waals surface area contributed by atoms with E-state index in [1.165, 1.54) is 72.1 Å². The Kier molecular flexibility index (Phi) is 11.4. The second-order valence-corrected chi connectivity index (χ2v) is 19.2. The van der Waals surface area contributed by atoms with Gasteiger partial charge < -0.3 is 9.47 Å². The zero-order valence-corrected chi connectivity index (χ0v) is 33.8. The summed E-state index contributed by atoms with van der Waals surface area (Å²) in [6, 6.07) is 17.5. The molecule has 1 heterocycles. The first-order valence-electron chi connectivity index (χ1n) is 16.9. The van der Waals surface area contributed by atoms with E-state index < -0.39 is 7.92 Å². The number of ether oxygens (including phenoxy) is 2. The maximum atomic E-state index is 12.6. The predicted molar refractivity (Wildman–Crippen MR) is 213 cm³/mol. The Hall–Kier alpha value is -2.99. The molecule has 48 heavy (non-hydrogen) atoms. The lowest BCUT2D eigenvalue weighted by molar-refractivity contribution is -0.120. The zero-order chi connectivity index (χ0) is 35.9. The van der Waals surface area contributed by atoms with Gasteiger partial charge in [0.1, 0.15) is 17.3 Å². The fourth-order valence-electron chi connectivity index (χ4n) is 8.35. The van der Waals surface area contributed by atoms with Crippen molar-refractivity contribution in [1.82, 2.24) is 0 Å². The molecule has 4 aromatic carbocycles. The van der Waals surface area contributed by atoms with Gasteiger partial charge in [0.15, 0.2) is 0 Å². The van der Waals surface area contributed by atoms with Crippen molar-refractivity contribution in [3.05, 3.63) is 93.0 Å². The van der Waals surface area contributed by atoms with Crippen LogP contribution in [-0.2, 0) is 4.79 Å². The Morgan fingerprint density at radius 1 is 0.562 bits per heavy atom. The molecule has 1 atom stereocenters. The van der Waals surface area contributed by atoms with Gasteiger partial charge in [0.25, 0.3) is 0 Å². The second kappa shape index (κ2) is 14.5. The van der Waals surface area contributed by atoms with Crippen LogP contribution in [0.5, 0.6) is 11.5 Å². The Morgan fingerprint density at radius 3 is 1.35 bits per heavy atom. The van der Waals surface area contributed by atoms with Crippen molar-refractivity contribution in [2.45, 2.75) is 106 Å². The molecule has 1 fully saturated rings. The molecule has 4 aromatic rings. The number of ketones is 1. The van der Waals surface area contributed by atoms with Crippen LogP contribution in [-0.4, -0.2) is 30.3 Å². The van der Waals surface area contributed by atoms with Crippen molar-refractivity contribution >= 4 is 33.6 Å². The third-order valence-corrected chi connectivity index (χ3v) is 14.0. The molecule has 5 heteroatoms. The molecule has 1 aliphatic heterocycles. The van der Waals surface area contributed by atoms with Crippen molar-refractivity contribution in [2.24, 2.45) is 0 Å². The molecule has 1 unspecified atom stereocenters. The number of aryl methyl sites for hydroxylation is 8. The van der Waals surface area contributed by atoms with E-state index >= 15 is 0 Å². The topological polar surface area (TPSA) is 35.5 Å². The molecular formula is C43H56O3P2. The maximum Gasteiger partial charge on any atom is 0.134 e. The highest BCUT2D eigenvalue weighted by Gasteiger charge is 2.49. The SMILES string of the molecule is COc1ccc(C)c(-c2c(C)cc(C)cc2C)c1P.COc1ccc(C)c(-c2c(C)cc(C)cc2C)c1P1C(C)(C)CC(=O)CC1(C)C. The van der Waals surface area contributed by atoms with Crippen LogP contribution in [0.25, 0.3) is 22.3 Å². The first-order valence-corrected chi connectivity index (χ1v) is 18.9. The van der Waals surface area contributed by atoms with E-state index in [2.05, 4.69) is 135 Å². The number of Topliss-reactive ketones (excluding diaryl/α,β-unsaturated/α-hetero) is 1. The average Bonchev–Trinajstić information content (AvgIpc) is 2.94. The van der Waals surface area contributed by atoms with Crippen molar-refractivity contribution < 1.29 is 14.3 Å². The molecule has 0 saturated carbocycles. The lowest BCUT2D eigenvalue weighted by Crippen LogP contribution is -2.44. The molecular weight excluding hydrogens is 626 g/mol. The minimum atomic E-state index is -0.645. The van der Waals surface area contributed by atoms with Crippen molar-refractivity contribution in [3.63, 3.8) is 0 Å². The van der Waals surface area contributed by atoms with E-state index in [0.717, 1.165) is 16.8 Å². The van der Waals surface area contributed by atoms with Gasteiger partial charge in [-0.05, 0) is 133 Å². The van der Waals surface area contributed by atoms with Gasteiger partial charge in [-0.1, -0.05) is 83.1 Å². The summed E-state index contributed by atoms with van der Waals surface area (Å²) in [5.41, 5.74) is 15.7. The lowest BCUT2D eigenvalue weighted by Gasteiger charge is -2.50. The average molecular weight is 683 g/mol. The molecule has 0 aromatic heterocycles. The lowest BCUT2D eigenvalue weighted by atomic mass is 9.91. The molecule has 0 amide bonds. The van der Waals surface area contributed by atoms with Crippen LogP contribution in [0.15, 0.2) is 48.5 Å². The summed E-state index contributed by atoms with van der Waals surface area (Å²) in [5.74, 6) is 2.27. The van der Waals surface area contributed by atoms with Gasteiger partial charge in [-0.15, -0.1) is 9.24 Å². The third kappa shape index (κ3) is 7.44. The number of benzene rings is 4. The van der Waals surface area contributed by atoms with Crippen LogP contribution >= 0.6 is 17.2 Å². The summed E-state index contributed by atoms with van der Waals surface area (Å²) >= 11 is 0. The van der Waals surface area contributed by atoms with Gasteiger partial charge in [-0.25, -0.2) is 0 Å². The molecule has 1 saturated heterocycles. The minimum absolute atomic E-state index is 0.0729. The highest BCUT2D eigenvalue weighted by atomic mass is 31.1. The summed E-state index contributed by atoms with van der Waals surface area (Å²) in [4.78, 5) is 12.6. The number of carbonyl (C=O) groups excluding carboxylic acids is 1. The minimum Gasteiger partial charge on any atom is -0.496 e. The maximum absolute atomic E-state index is 12.6. The van der Waals surface area contributed by atoms with Gasteiger partial charge in [-0.3, -0.25) is 4.79 Å². The van der Waals surface area contributed by atoms with Crippen molar-refractivity contribution in [2.75, 3.05) is 14.2 Å². The van der Waals surface area contributed by atoms with E-state index in [1.807, 2.05) is 6.07 Å². The second-order valence-electron chi connectivity index (χ2n) is 15.1. The number of rotatable bonds is 5. The molecule has 1 aliphatic rings. The molecule has 3 nitrogen and oxygen atoms in total. The largest absolute Gasteiger partial charge is 0.496 e. The van der Waals surface area contributed by atoms with E-state index in [4.69, 9.17) is 9.47 Å².